The van der Waals surface area contributed by atoms with Crippen LogP contribution in [0.5, 0.6) is 5.75 Å². The van der Waals surface area contributed by atoms with Gasteiger partial charge in [0.1, 0.15) is 22.0 Å². The summed E-state index contributed by atoms with van der Waals surface area (Å²) in [6.07, 6.45) is 4.88. The van der Waals surface area contributed by atoms with E-state index in [1.54, 1.807) is 6.07 Å². The average molecular weight is 418 g/mol. The van der Waals surface area contributed by atoms with Gasteiger partial charge in [-0.25, -0.2) is 9.18 Å². The van der Waals surface area contributed by atoms with Crippen LogP contribution in [0.1, 0.15) is 43.7 Å². The van der Waals surface area contributed by atoms with Crippen molar-refractivity contribution >= 4 is 21.1 Å². The van der Waals surface area contributed by atoms with E-state index < -0.39 is 21.6 Å². The van der Waals surface area contributed by atoms with E-state index >= 15 is 0 Å². The first-order chi connectivity index (χ1) is 13.8. The van der Waals surface area contributed by atoms with Gasteiger partial charge < -0.3 is 8.60 Å². The molecule has 0 saturated heterocycles. The van der Waals surface area contributed by atoms with Gasteiger partial charge in [0.05, 0.1) is 0 Å². The number of unbranched alkanes of at least 4 members (excludes halogenated alkanes) is 3. The number of hydrogen-bond acceptors (Lipinski definition) is 5. The van der Waals surface area contributed by atoms with Crippen molar-refractivity contribution in [1.29, 1.82) is 0 Å². The van der Waals surface area contributed by atoms with Crippen molar-refractivity contribution in [3.63, 3.8) is 0 Å². The third-order valence-corrected chi connectivity index (χ3v) is 6.11. The normalized spacial score (nSPS) is 11.7. The van der Waals surface area contributed by atoms with E-state index in [0.717, 1.165) is 60.9 Å². The Morgan fingerprint density at radius 2 is 1.76 bits per heavy atom. The van der Waals surface area contributed by atoms with Crippen LogP contribution in [0.15, 0.2) is 56.6 Å². The number of aryl methyl sites for hydroxylation is 1. The second kappa shape index (κ2) is 8.78. The molecular formula is C22H23FO5S. The molecule has 29 heavy (non-hydrogen) atoms. The molecule has 3 rings (SSSR count). The van der Waals surface area contributed by atoms with E-state index in [0.29, 0.717) is 12.0 Å². The molecule has 1 heterocycles. The molecule has 7 heteroatoms. The standard InChI is InChI=1S/C22H23FO5S/c1-3-4-5-6-7-20-15(2)19-13-10-17(14-21(19)27-22(20)24)28-29(25,26)18-11-8-16(23)9-12-18/h8-14H,3-7H2,1-2H3. The molecule has 1 aromatic heterocycles. The fourth-order valence-electron chi connectivity index (χ4n) is 3.22. The fraction of sp³-hybridized carbons (Fsp3) is 0.318. The summed E-state index contributed by atoms with van der Waals surface area (Å²) in [5, 5.41) is 0.738. The van der Waals surface area contributed by atoms with Gasteiger partial charge in [0, 0.05) is 17.0 Å². The minimum atomic E-state index is -4.13. The van der Waals surface area contributed by atoms with Gasteiger partial charge in [-0.15, -0.1) is 0 Å². The zero-order valence-corrected chi connectivity index (χ0v) is 17.2. The molecule has 154 valence electrons. The van der Waals surface area contributed by atoms with Crippen LogP contribution in [-0.2, 0) is 16.5 Å². The van der Waals surface area contributed by atoms with Gasteiger partial charge in [0.25, 0.3) is 0 Å². The number of fused-ring (bicyclic) bond motifs is 1. The molecule has 3 aromatic rings. The van der Waals surface area contributed by atoms with Gasteiger partial charge in [-0.1, -0.05) is 26.2 Å². The molecule has 0 spiro atoms. The Kier molecular flexibility index (Phi) is 6.37. The number of rotatable bonds is 8. The van der Waals surface area contributed by atoms with Crippen LogP contribution >= 0.6 is 0 Å². The number of halogens is 1. The zero-order chi connectivity index (χ0) is 21.0. The van der Waals surface area contributed by atoms with E-state index in [9.17, 15) is 17.6 Å². The summed E-state index contributed by atoms with van der Waals surface area (Å²) in [6, 6.07) is 8.91. The maximum Gasteiger partial charge on any atom is 0.339 e. The molecule has 0 atom stereocenters. The van der Waals surface area contributed by atoms with Crippen molar-refractivity contribution in [2.45, 2.75) is 50.8 Å². The summed E-state index contributed by atoms with van der Waals surface area (Å²) in [4.78, 5) is 12.2. The Hall–Kier alpha value is -2.67. The van der Waals surface area contributed by atoms with Crippen molar-refractivity contribution in [1.82, 2.24) is 0 Å². The summed E-state index contributed by atoms with van der Waals surface area (Å²) in [5.41, 5.74) is 1.34. The van der Waals surface area contributed by atoms with Crippen LogP contribution < -0.4 is 9.81 Å². The highest BCUT2D eigenvalue weighted by Crippen LogP contribution is 2.27. The Morgan fingerprint density at radius 3 is 2.45 bits per heavy atom. The lowest BCUT2D eigenvalue weighted by Crippen LogP contribution is -2.11. The molecule has 2 aromatic carbocycles. The van der Waals surface area contributed by atoms with Crippen molar-refractivity contribution < 1.29 is 21.4 Å². The Morgan fingerprint density at radius 1 is 1.03 bits per heavy atom. The molecule has 0 fully saturated rings. The number of benzene rings is 2. The van der Waals surface area contributed by atoms with Crippen LogP contribution in [-0.4, -0.2) is 8.42 Å². The van der Waals surface area contributed by atoms with Gasteiger partial charge in [-0.05, 0) is 61.7 Å². The van der Waals surface area contributed by atoms with Gasteiger partial charge in [0.15, 0.2) is 0 Å². The lowest BCUT2D eigenvalue weighted by molar-refractivity contribution is 0.484. The zero-order valence-electron chi connectivity index (χ0n) is 16.4. The van der Waals surface area contributed by atoms with Gasteiger partial charge in [0.2, 0.25) is 0 Å². The molecular weight excluding hydrogens is 395 g/mol. The largest absolute Gasteiger partial charge is 0.422 e. The third-order valence-electron chi connectivity index (χ3n) is 4.85. The minimum Gasteiger partial charge on any atom is -0.422 e. The van der Waals surface area contributed by atoms with Crippen molar-refractivity contribution in [3.05, 3.63) is 69.8 Å². The highest BCUT2D eigenvalue weighted by Gasteiger charge is 2.18. The predicted octanol–water partition coefficient (Wildman–Crippen LogP) is 5.13. The molecule has 0 amide bonds. The quantitative estimate of drug-likeness (QED) is 0.288. The van der Waals surface area contributed by atoms with E-state index in [1.807, 2.05) is 6.92 Å². The van der Waals surface area contributed by atoms with Crippen LogP contribution in [0, 0.1) is 12.7 Å². The smallest absolute Gasteiger partial charge is 0.339 e. The fourth-order valence-corrected chi connectivity index (χ4v) is 4.14. The van der Waals surface area contributed by atoms with E-state index in [1.165, 1.54) is 12.1 Å². The Balaban J connectivity index is 1.88. The average Bonchev–Trinajstić information content (AvgIpc) is 2.67. The minimum absolute atomic E-state index is 0.0140. The van der Waals surface area contributed by atoms with Crippen molar-refractivity contribution in [2.24, 2.45) is 0 Å². The predicted molar refractivity (Wildman–Crippen MR) is 109 cm³/mol. The monoisotopic (exact) mass is 418 g/mol. The maximum atomic E-state index is 13.0. The summed E-state index contributed by atoms with van der Waals surface area (Å²) in [6.45, 7) is 4.00. The van der Waals surface area contributed by atoms with Gasteiger partial charge in [-0.2, -0.15) is 8.42 Å². The first-order valence-electron chi connectivity index (χ1n) is 9.58. The van der Waals surface area contributed by atoms with Crippen molar-refractivity contribution in [3.8, 4) is 5.75 Å². The molecule has 0 aliphatic carbocycles. The van der Waals surface area contributed by atoms with Crippen LogP contribution in [0.2, 0.25) is 0 Å². The maximum absolute atomic E-state index is 13.0. The molecule has 0 bridgehead atoms. The summed E-state index contributed by atoms with van der Waals surface area (Å²) in [5.74, 6) is -0.530. The van der Waals surface area contributed by atoms with Gasteiger partial charge in [-0.3, -0.25) is 0 Å². The lowest BCUT2D eigenvalue weighted by Gasteiger charge is -2.10. The molecule has 5 nitrogen and oxygen atoms in total. The van der Waals surface area contributed by atoms with Gasteiger partial charge >= 0.3 is 15.7 Å². The van der Waals surface area contributed by atoms with E-state index in [2.05, 4.69) is 6.92 Å². The first kappa shape index (κ1) is 21.0. The Labute approximate surface area is 169 Å². The SMILES string of the molecule is CCCCCCc1c(C)c2ccc(OS(=O)(=O)c3ccc(F)cc3)cc2oc1=O. The molecule has 0 radical (unpaired) electrons. The number of hydrogen-bond donors (Lipinski definition) is 0. The summed E-state index contributed by atoms with van der Waals surface area (Å²) < 4.78 is 48.3. The van der Waals surface area contributed by atoms with E-state index in [4.69, 9.17) is 8.60 Å². The third kappa shape index (κ3) is 4.85. The molecule has 0 aliphatic heterocycles. The van der Waals surface area contributed by atoms with E-state index in [-0.39, 0.29) is 16.2 Å². The Bertz CT molecular complexity index is 1160. The second-order valence-electron chi connectivity index (χ2n) is 6.95. The lowest BCUT2D eigenvalue weighted by atomic mass is 10.0. The van der Waals surface area contributed by atoms with Crippen LogP contribution in [0.25, 0.3) is 11.0 Å². The molecule has 0 saturated carbocycles. The molecule has 0 aliphatic rings. The van der Waals surface area contributed by atoms with Crippen molar-refractivity contribution in [2.75, 3.05) is 0 Å². The highest BCUT2D eigenvalue weighted by molar-refractivity contribution is 7.87. The van der Waals surface area contributed by atoms with Crippen LogP contribution in [0.3, 0.4) is 0 Å². The topological polar surface area (TPSA) is 73.6 Å². The van der Waals surface area contributed by atoms with Crippen LogP contribution in [0.4, 0.5) is 4.39 Å². The second-order valence-corrected chi connectivity index (χ2v) is 8.50. The summed E-state index contributed by atoms with van der Waals surface area (Å²) >= 11 is 0. The first-order valence-corrected chi connectivity index (χ1v) is 11.0. The molecule has 0 unspecified atom stereocenters. The summed E-state index contributed by atoms with van der Waals surface area (Å²) in [7, 11) is -4.13. The highest BCUT2D eigenvalue weighted by atomic mass is 32.2. The molecule has 0 N–H and O–H groups in total.